The first kappa shape index (κ1) is 21.4. The molecule has 0 spiro atoms. The number of hydrogen-bond acceptors (Lipinski definition) is 8. The van der Waals surface area contributed by atoms with E-state index in [4.69, 9.17) is 19.9 Å². The van der Waals surface area contributed by atoms with Crippen LogP contribution in [0.2, 0.25) is 0 Å². The number of fused-ring (bicyclic) bond motifs is 1. The van der Waals surface area contributed by atoms with Gasteiger partial charge in [-0.05, 0) is 37.6 Å². The van der Waals surface area contributed by atoms with Crippen LogP contribution in [0, 0.1) is 6.92 Å². The third-order valence-electron chi connectivity index (χ3n) is 4.72. The minimum absolute atomic E-state index is 0.0504. The molecule has 0 bridgehead atoms. The Labute approximate surface area is 177 Å². The molecule has 0 saturated heterocycles. The Morgan fingerprint density at radius 3 is 2.37 bits per heavy atom. The number of ketones is 1. The smallest absolute Gasteiger partial charge is 0.348 e. The largest absolute Gasteiger partial charge is 0.493 e. The van der Waals surface area contributed by atoms with Crippen LogP contribution in [-0.4, -0.2) is 43.1 Å². The molecule has 0 fully saturated rings. The fourth-order valence-electron chi connectivity index (χ4n) is 3.34. The summed E-state index contributed by atoms with van der Waals surface area (Å²) in [6.07, 6.45) is 0. The quantitative estimate of drug-likeness (QED) is 0.469. The van der Waals surface area contributed by atoms with Crippen LogP contribution >= 0.6 is 11.3 Å². The molecule has 0 aliphatic rings. The lowest BCUT2D eigenvalue weighted by molar-refractivity contribution is 0.0531. The summed E-state index contributed by atoms with van der Waals surface area (Å²) in [7, 11) is 2.96. The summed E-state index contributed by atoms with van der Waals surface area (Å²) in [5.74, 6) is -0.467. The fourth-order valence-corrected chi connectivity index (χ4v) is 4.61. The minimum atomic E-state index is -0.488. The summed E-state index contributed by atoms with van der Waals surface area (Å²) in [5, 5.41) is 0.502. The van der Waals surface area contributed by atoms with Crippen LogP contribution in [-0.2, 0) is 4.74 Å². The highest BCUT2D eigenvalue weighted by atomic mass is 32.1. The molecular weight excluding hydrogens is 408 g/mol. The van der Waals surface area contributed by atoms with Crippen LogP contribution in [0.15, 0.2) is 18.2 Å². The SMILES string of the molecule is CCOC(=O)c1sc2c(c1C)c(N)c(C(=O)c1ccc(OC)c(OC)c1)n2C(C)=O. The van der Waals surface area contributed by atoms with Crippen molar-refractivity contribution in [3.8, 4) is 11.5 Å². The van der Waals surface area contributed by atoms with Crippen LogP contribution in [0.1, 0.15) is 49.9 Å². The number of thiophene rings is 1. The molecule has 3 rings (SSSR count). The first-order chi connectivity index (χ1) is 14.3. The molecule has 0 aliphatic heterocycles. The Kier molecular flexibility index (Phi) is 5.84. The summed E-state index contributed by atoms with van der Waals surface area (Å²) >= 11 is 1.08. The number of anilines is 1. The normalized spacial score (nSPS) is 10.8. The van der Waals surface area contributed by atoms with Crippen LogP contribution in [0.5, 0.6) is 11.5 Å². The van der Waals surface area contributed by atoms with Gasteiger partial charge in [-0.15, -0.1) is 11.3 Å². The molecule has 0 atom stereocenters. The fraction of sp³-hybridized carbons (Fsp3) is 0.286. The highest BCUT2D eigenvalue weighted by Crippen LogP contribution is 2.40. The molecule has 30 heavy (non-hydrogen) atoms. The van der Waals surface area contributed by atoms with E-state index in [9.17, 15) is 14.4 Å². The van der Waals surface area contributed by atoms with Crippen molar-refractivity contribution >= 4 is 44.9 Å². The number of nitrogens with zero attached hydrogens (tertiary/aromatic N) is 1. The number of nitrogen functional groups attached to an aromatic ring is 1. The number of nitrogens with two attached hydrogens (primary N) is 1. The van der Waals surface area contributed by atoms with E-state index in [1.165, 1.54) is 31.8 Å². The van der Waals surface area contributed by atoms with E-state index in [-0.39, 0.29) is 23.6 Å². The number of benzene rings is 1. The molecule has 8 nitrogen and oxygen atoms in total. The number of hydrogen-bond donors (Lipinski definition) is 1. The predicted octanol–water partition coefficient (Wildman–Crippen LogP) is 3.68. The van der Waals surface area contributed by atoms with Crippen LogP contribution < -0.4 is 15.2 Å². The Morgan fingerprint density at radius 1 is 1.13 bits per heavy atom. The average Bonchev–Trinajstić information content (AvgIpc) is 3.21. The van der Waals surface area contributed by atoms with E-state index < -0.39 is 17.7 Å². The van der Waals surface area contributed by atoms with Gasteiger partial charge in [0.25, 0.3) is 0 Å². The van der Waals surface area contributed by atoms with Crippen LogP contribution in [0.3, 0.4) is 0 Å². The molecular formula is C21H22N2O6S. The van der Waals surface area contributed by atoms with Crippen molar-refractivity contribution in [1.82, 2.24) is 4.57 Å². The summed E-state index contributed by atoms with van der Waals surface area (Å²) in [6.45, 7) is 5.00. The molecule has 0 radical (unpaired) electrons. The molecule has 0 amide bonds. The standard InChI is InChI=1S/C21H22N2O6S/c1-6-29-21(26)19-10(2)15-16(22)17(23(11(3)24)20(15)30-19)18(25)12-7-8-13(27-4)14(9-12)28-5/h7-9H,6,22H2,1-5H3. The van der Waals surface area contributed by atoms with Gasteiger partial charge < -0.3 is 19.9 Å². The molecule has 158 valence electrons. The second-order valence-corrected chi connectivity index (χ2v) is 7.47. The lowest BCUT2D eigenvalue weighted by Gasteiger charge is -2.11. The summed E-state index contributed by atoms with van der Waals surface area (Å²) in [5.41, 5.74) is 7.39. The van der Waals surface area contributed by atoms with Crippen LogP contribution in [0.25, 0.3) is 10.2 Å². The van der Waals surface area contributed by atoms with E-state index in [0.29, 0.717) is 32.2 Å². The van der Waals surface area contributed by atoms with Crippen molar-refractivity contribution in [2.24, 2.45) is 0 Å². The maximum atomic E-state index is 13.3. The maximum Gasteiger partial charge on any atom is 0.348 e. The Hall–Kier alpha value is -3.33. The van der Waals surface area contributed by atoms with Gasteiger partial charge in [-0.25, -0.2) is 4.79 Å². The Morgan fingerprint density at radius 2 is 1.80 bits per heavy atom. The third-order valence-corrected chi connectivity index (χ3v) is 5.97. The van der Waals surface area contributed by atoms with E-state index in [1.807, 2.05) is 0 Å². The van der Waals surface area contributed by atoms with E-state index in [2.05, 4.69) is 0 Å². The summed E-state index contributed by atoms with van der Waals surface area (Å²) in [4.78, 5) is 38.8. The van der Waals surface area contributed by atoms with Crippen molar-refractivity contribution in [1.29, 1.82) is 0 Å². The number of rotatable bonds is 6. The van der Waals surface area contributed by atoms with Gasteiger partial charge in [0.15, 0.2) is 11.5 Å². The maximum absolute atomic E-state index is 13.3. The zero-order valence-corrected chi connectivity index (χ0v) is 18.1. The summed E-state index contributed by atoms with van der Waals surface area (Å²) in [6, 6.07) is 4.71. The van der Waals surface area contributed by atoms with Gasteiger partial charge in [0.1, 0.15) is 15.4 Å². The van der Waals surface area contributed by atoms with Gasteiger partial charge in [0.2, 0.25) is 11.7 Å². The number of carbonyl (C=O) groups is 3. The van der Waals surface area contributed by atoms with Gasteiger partial charge in [-0.2, -0.15) is 0 Å². The number of aromatic nitrogens is 1. The number of ether oxygens (including phenoxy) is 3. The second kappa shape index (κ2) is 8.19. The average molecular weight is 430 g/mol. The first-order valence-electron chi connectivity index (χ1n) is 9.14. The van der Waals surface area contributed by atoms with Gasteiger partial charge in [0, 0.05) is 17.9 Å². The molecule has 2 aromatic heterocycles. The van der Waals surface area contributed by atoms with Crippen molar-refractivity contribution in [2.75, 3.05) is 26.6 Å². The second-order valence-electron chi connectivity index (χ2n) is 6.47. The lowest BCUT2D eigenvalue weighted by Crippen LogP contribution is -2.16. The topological polar surface area (TPSA) is 110 Å². The van der Waals surface area contributed by atoms with E-state index >= 15 is 0 Å². The predicted molar refractivity (Wildman–Crippen MR) is 114 cm³/mol. The van der Waals surface area contributed by atoms with Crippen molar-refractivity contribution < 1.29 is 28.6 Å². The molecule has 0 unspecified atom stereocenters. The molecule has 0 aliphatic carbocycles. The highest BCUT2D eigenvalue weighted by Gasteiger charge is 2.30. The van der Waals surface area contributed by atoms with Crippen molar-refractivity contribution in [2.45, 2.75) is 20.8 Å². The monoisotopic (exact) mass is 430 g/mol. The van der Waals surface area contributed by atoms with Gasteiger partial charge in [-0.3, -0.25) is 14.2 Å². The van der Waals surface area contributed by atoms with Gasteiger partial charge in [0.05, 0.1) is 26.5 Å². The third kappa shape index (κ3) is 3.30. The molecule has 1 aromatic carbocycles. The van der Waals surface area contributed by atoms with Gasteiger partial charge >= 0.3 is 5.97 Å². The Balaban J connectivity index is 2.23. The molecule has 9 heteroatoms. The molecule has 3 aromatic rings. The first-order valence-corrected chi connectivity index (χ1v) is 9.96. The number of esters is 1. The van der Waals surface area contributed by atoms with Crippen molar-refractivity contribution in [3.63, 3.8) is 0 Å². The number of aryl methyl sites for hydroxylation is 1. The lowest BCUT2D eigenvalue weighted by atomic mass is 10.1. The Bertz CT molecular complexity index is 1170. The molecule has 2 heterocycles. The van der Waals surface area contributed by atoms with Crippen LogP contribution in [0.4, 0.5) is 5.69 Å². The zero-order chi connectivity index (χ0) is 22.2. The van der Waals surface area contributed by atoms with Gasteiger partial charge in [-0.1, -0.05) is 0 Å². The highest BCUT2D eigenvalue weighted by molar-refractivity contribution is 7.21. The van der Waals surface area contributed by atoms with E-state index in [1.54, 1.807) is 26.0 Å². The zero-order valence-electron chi connectivity index (χ0n) is 17.3. The number of carbonyl (C=O) groups excluding carboxylic acids is 3. The summed E-state index contributed by atoms with van der Waals surface area (Å²) < 4.78 is 16.8. The van der Waals surface area contributed by atoms with Crippen molar-refractivity contribution in [3.05, 3.63) is 39.9 Å². The number of methoxy groups -OCH3 is 2. The van der Waals surface area contributed by atoms with E-state index in [0.717, 1.165) is 11.3 Å². The minimum Gasteiger partial charge on any atom is -0.493 e. The molecule has 2 N–H and O–H groups in total. The molecule has 0 saturated carbocycles.